The summed E-state index contributed by atoms with van der Waals surface area (Å²) in [6.45, 7) is 0. The smallest absolute Gasteiger partial charge is 0.317 e. The zero-order valence-corrected chi connectivity index (χ0v) is 17.4. The highest BCUT2D eigenvalue weighted by molar-refractivity contribution is 8.00. The topological polar surface area (TPSA) is 86.7 Å². The van der Waals surface area contributed by atoms with Gasteiger partial charge in [0, 0.05) is 10.5 Å². The molecule has 8 heteroatoms. The van der Waals surface area contributed by atoms with Crippen LogP contribution in [0, 0.1) is 23.7 Å². The highest BCUT2D eigenvalue weighted by Gasteiger charge is 2.48. The van der Waals surface area contributed by atoms with E-state index in [0.717, 1.165) is 62.9 Å². The molecule has 154 valence electrons. The fourth-order valence-electron chi connectivity index (χ4n) is 4.86. The van der Waals surface area contributed by atoms with Crippen LogP contribution >= 0.6 is 23.5 Å². The summed E-state index contributed by atoms with van der Waals surface area (Å²) < 4.78 is 9.55. The summed E-state index contributed by atoms with van der Waals surface area (Å²) in [5.74, 6) is 0.0608. The minimum Gasteiger partial charge on any atom is -0.393 e. The standard InChI is InChI=1S/C20H26O6S2/c21-17-13-5-3-11(9-15(13)19(23)25-17)27-7-1-2-8-28-12-4-6-14-16(10-12)20(24)26-18(14)22/h11-16H,1-10H2. The molecule has 4 fully saturated rings. The minimum atomic E-state index is -0.320. The predicted octanol–water partition coefficient (Wildman–Crippen LogP) is 2.97. The van der Waals surface area contributed by atoms with Crippen molar-refractivity contribution in [2.45, 2.75) is 61.9 Å². The third kappa shape index (κ3) is 4.27. The molecule has 2 saturated carbocycles. The van der Waals surface area contributed by atoms with Gasteiger partial charge in [-0.15, -0.1) is 0 Å². The Hall–Kier alpha value is -1.02. The van der Waals surface area contributed by atoms with E-state index < -0.39 is 0 Å². The number of hydrogen-bond acceptors (Lipinski definition) is 8. The summed E-state index contributed by atoms with van der Waals surface area (Å²) in [5, 5.41) is 0.905. The molecule has 4 aliphatic rings. The molecule has 2 aliphatic carbocycles. The molecule has 2 aliphatic heterocycles. The second kappa shape index (κ2) is 8.78. The van der Waals surface area contributed by atoms with Crippen LogP contribution < -0.4 is 0 Å². The van der Waals surface area contributed by atoms with Crippen molar-refractivity contribution in [3.63, 3.8) is 0 Å². The maximum absolute atomic E-state index is 11.7. The van der Waals surface area contributed by atoms with Crippen molar-refractivity contribution in [1.82, 2.24) is 0 Å². The molecule has 28 heavy (non-hydrogen) atoms. The van der Waals surface area contributed by atoms with Gasteiger partial charge in [-0.2, -0.15) is 23.5 Å². The largest absolute Gasteiger partial charge is 0.393 e. The van der Waals surface area contributed by atoms with Crippen molar-refractivity contribution < 1.29 is 28.7 Å². The van der Waals surface area contributed by atoms with E-state index in [1.54, 1.807) is 0 Å². The van der Waals surface area contributed by atoms with Gasteiger partial charge in [0.05, 0.1) is 23.7 Å². The van der Waals surface area contributed by atoms with Gasteiger partial charge in [-0.05, 0) is 62.9 Å². The van der Waals surface area contributed by atoms with Gasteiger partial charge in [-0.1, -0.05) is 0 Å². The van der Waals surface area contributed by atoms with E-state index in [1.165, 1.54) is 0 Å². The first-order valence-corrected chi connectivity index (χ1v) is 12.4. The van der Waals surface area contributed by atoms with Crippen LogP contribution in [-0.2, 0) is 28.7 Å². The van der Waals surface area contributed by atoms with Crippen LogP contribution in [0.5, 0.6) is 0 Å². The normalized spacial score (nSPS) is 37.4. The van der Waals surface area contributed by atoms with Crippen LogP contribution in [0.15, 0.2) is 0 Å². The van der Waals surface area contributed by atoms with Crippen molar-refractivity contribution in [3.05, 3.63) is 0 Å². The molecule has 6 unspecified atom stereocenters. The predicted molar refractivity (Wildman–Crippen MR) is 106 cm³/mol. The van der Waals surface area contributed by atoms with Crippen LogP contribution in [0.25, 0.3) is 0 Å². The molecule has 2 heterocycles. The number of ether oxygens (including phenoxy) is 2. The van der Waals surface area contributed by atoms with Crippen LogP contribution in [-0.4, -0.2) is 45.9 Å². The Morgan fingerprint density at radius 1 is 0.607 bits per heavy atom. The Morgan fingerprint density at radius 2 is 1.00 bits per heavy atom. The van der Waals surface area contributed by atoms with Gasteiger partial charge in [-0.25, -0.2) is 0 Å². The number of cyclic esters (lactones) is 4. The van der Waals surface area contributed by atoms with Crippen molar-refractivity contribution in [3.8, 4) is 0 Å². The average Bonchev–Trinajstić information content (AvgIpc) is 3.13. The molecular formula is C20H26O6S2. The zero-order chi connectivity index (χ0) is 19.7. The lowest BCUT2D eigenvalue weighted by atomic mass is 9.81. The maximum atomic E-state index is 11.7. The molecule has 0 radical (unpaired) electrons. The molecule has 2 saturated heterocycles. The molecule has 0 aromatic carbocycles. The summed E-state index contributed by atoms with van der Waals surface area (Å²) in [7, 11) is 0. The van der Waals surface area contributed by atoms with Gasteiger partial charge in [0.2, 0.25) is 0 Å². The van der Waals surface area contributed by atoms with Crippen molar-refractivity contribution >= 4 is 47.4 Å². The van der Waals surface area contributed by atoms with E-state index in [1.807, 2.05) is 23.5 Å². The number of carbonyl (C=O) groups is 4. The van der Waals surface area contributed by atoms with Crippen LogP contribution in [0.2, 0.25) is 0 Å². The maximum Gasteiger partial charge on any atom is 0.317 e. The van der Waals surface area contributed by atoms with E-state index in [4.69, 9.17) is 9.47 Å². The summed E-state index contributed by atoms with van der Waals surface area (Å²) in [6.07, 6.45) is 7.33. The first-order chi connectivity index (χ1) is 13.5. The van der Waals surface area contributed by atoms with Gasteiger partial charge >= 0.3 is 23.9 Å². The fourth-order valence-corrected chi connectivity index (χ4v) is 7.56. The van der Waals surface area contributed by atoms with Crippen LogP contribution in [0.4, 0.5) is 0 Å². The Balaban J connectivity index is 1.09. The third-order valence-corrected chi connectivity index (χ3v) is 9.31. The van der Waals surface area contributed by atoms with E-state index in [9.17, 15) is 19.2 Å². The lowest BCUT2D eigenvalue weighted by molar-refractivity contribution is -0.155. The van der Waals surface area contributed by atoms with Crippen molar-refractivity contribution in [2.24, 2.45) is 23.7 Å². The first kappa shape index (κ1) is 20.3. The molecule has 0 aromatic heterocycles. The van der Waals surface area contributed by atoms with Crippen LogP contribution in [0.3, 0.4) is 0 Å². The van der Waals surface area contributed by atoms with E-state index in [-0.39, 0.29) is 47.5 Å². The molecule has 6 atom stereocenters. The summed E-state index contributed by atoms with van der Waals surface area (Å²) in [6, 6.07) is 0. The number of unbranched alkanes of at least 4 members (excludes halogenated alkanes) is 1. The second-order valence-electron chi connectivity index (χ2n) is 8.23. The lowest BCUT2D eigenvalue weighted by Crippen LogP contribution is -2.28. The molecule has 0 spiro atoms. The molecule has 4 rings (SSSR count). The van der Waals surface area contributed by atoms with Gasteiger partial charge in [0.1, 0.15) is 0 Å². The molecule has 0 amide bonds. The Kier molecular flexibility index (Phi) is 6.35. The Bertz CT molecular complexity index is 609. The minimum absolute atomic E-state index is 0.191. The van der Waals surface area contributed by atoms with E-state index >= 15 is 0 Å². The summed E-state index contributed by atoms with van der Waals surface area (Å²) >= 11 is 3.84. The number of fused-ring (bicyclic) bond motifs is 2. The van der Waals surface area contributed by atoms with Crippen molar-refractivity contribution in [1.29, 1.82) is 0 Å². The van der Waals surface area contributed by atoms with E-state index in [2.05, 4.69) is 0 Å². The summed E-state index contributed by atoms with van der Waals surface area (Å²) in [5.41, 5.74) is 0. The molecule has 0 bridgehead atoms. The van der Waals surface area contributed by atoms with Gasteiger partial charge < -0.3 is 9.47 Å². The zero-order valence-electron chi connectivity index (χ0n) is 15.8. The highest BCUT2D eigenvalue weighted by atomic mass is 32.2. The van der Waals surface area contributed by atoms with E-state index in [0.29, 0.717) is 10.5 Å². The molecular weight excluding hydrogens is 400 g/mol. The monoisotopic (exact) mass is 426 g/mol. The molecule has 0 aromatic rings. The highest BCUT2D eigenvalue weighted by Crippen LogP contribution is 2.42. The first-order valence-electron chi connectivity index (χ1n) is 10.3. The van der Waals surface area contributed by atoms with Gasteiger partial charge in [0.25, 0.3) is 0 Å². The van der Waals surface area contributed by atoms with Gasteiger partial charge in [-0.3, -0.25) is 19.2 Å². The number of thioether (sulfide) groups is 2. The Labute approximate surface area is 173 Å². The molecule has 0 N–H and O–H groups in total. The Morgan fingerprint density at radius 3 is 1.43 bits per heavy atom. The quantitative estimate of drug-likeness (QED) is 0.349. The summed E-state index contributed by atoms with van der Waals surface area (Å²) in [4.78, 5) is 46.6. The lowest BCUT2D eigenvalue weighted by Gasteiger charge is -2.27. The van der Waals surface area contributed by atoms with Crippen LogP contribution in [0.1, 0.15) is 51.4 Å². The number of hydrogen-bond donors (Lipinski definition) is 0. The van der Waals surface area contributed by atoms with Crippen molar-refractivity contribution in [2.75, 3.05) is 11.5 Å². The SMILES string of the molecule is O=C1OC(=O)C2CC(SCCCCSC3CCC4C(=O)OC(=O)C4C3)CCC12. The number of carbonyl (C=O) groups excluding carboxylic acids is 4. The second-order valence-corrected chi connectivity index (χ2v) is 11.0. The number of rotatable bonds is 7. The fraction of sp³-hybridized carbons (Fsp3) is 0.800. The van der Waals surface area contributed by atoms with Gasteiger partial charge in [0.15, 0.2) is 0 Å². The molecule has 6 nitrogen and oxygen atoms in total. The third-order valence-electron chi connectivity index (χ3n) is 6.46. The number of esters is 4. The average molecular weight is 427 g/mol.